The molecule has 0 bridgehead atoms. The molecule has 0 aliphatic heterocycles. The van der Waals surface area contributed by atoms with E-state index in [2.05, 4.69) is 25.2 Å². The lowest BCUT2D eigenvalue weighted by Crippen LogP contribution is -2.27. The van der Waals surface area contributed by atoms with E-state index in [1.807, 2.05) is 12.1 Å². The average molecular weight is 208 g/mol. The first-order chi connectivity index (χ1) is 7.17. The van der Waals surface area contributed by atoms with E-state index in [9.17, 15) is 0 Å². The molecule has 0 aliphatic rings. The van der Waals surface area contributed by atoms with Gasteiger partial charge in [0.15, 0.2) is 0 Å². The van der Waals surface area contributed by atoms with Crippen molar-refractivity contribution in [2.45, 2.75) is 26.3 Å². The van der Waals surface area contributed by atoms with Gasteiger partial charge in [0, 0.05) is 6.04 Å². The molecule has 0 aliphatic carbocycles. The van der Waals surface area contributed by atoms with Gasteiger partial charge in [0.25, 0.3) is 0 Å². The molecule has 0 aromatic heterocycles. The van der Waals surface area contributed by atoms with Crippen LogP contribution in [0.3, 0.4) is 0 Å². The van der Waals surface area contributed by atoms with Crippen molar-refractivity contribution in [2.75, 3.05) is 19.4 Å². The van der Waals surface area contributed by atoms with Gasteiger partial charge < -0.3 is 15.8 Å². The minimum absolute atomic E-state index is 0.475. The monoisotopic (exact) mass is 208 g/mol. The zero-order valence-corrected chi connectivity index (χ0v) is 9.71. The zero-order chi connectivity index (χ0) is 11.3. The highest BCUT2D eigenvalue weighted by Gasteiger charge is 2.04. The van der Waals surface area contributed by atoms with E-state index in [4.69, 9.17) is 10.5 Å². The van der Waals surface area contributed by atoms with Crippen molar-refractivity contribution in [3.05, 3.63) is 23.8 Å². The molecule has 1 unspecified atom stereocenters. The molecule has 0 spiro atoms. The average Bonchev–Trinajstić information content (AvgIpc) is 2.18. The second-order valence-electron chi connectivity index (χ2n) is 3.74. The van der Waals surface area contributed by atoms with Crippen molar-refractivity contribution in [1.82, 2.24) is 5.32 Å². The van der Waals surface area contributed by atoms with Crippen molar-refractivity contribution in [1.29, 1.82) is 0 Å². The number of nitrogens with one attached hydrogen (secondary N) is 1. The van der Waals surface area contributed by atoms with E-state index in [1.165, 1.54) is 5.56 Å². The van der Waals surface area contributed by atoms with Gasteiger partial charge in [-0.15, -0.1) is 0 Å². The number of ether oxygens (including phenoxy) is 1. The fourth-order valence-electron chi connectivity index (χ4n) is 1.68. The summed E-state index contributed by atoms with van der Waals surface area (Å²) in [6.45, 7) is 5.27. The molecule has 0 radical (unpaired) electrons. The molecule has 84 valence electrons. The number of methoxy groups -OCH3 is 1. The summed E-state index contributed by atoms with van der Waals surface area (Å²) in [6.07, 6.45) is 0.988. The van der Waals surface area contributed by atoms with Gasteiger partial charge in [-0.25, -0.2) is 0 Å². The van der Waals surface area contributed by atoms with Crippen LogP contribution in [0.5, 0.6) is 5.75 Å². The topological polar surface area (TPSA) is 47.3 Å². The molecule has 15 heavy (non-hydrogen) atoms. The van der Waals surface area contributed by atoms with Crippen molar-refractivity contribution in [3.63, 3.8) is 0 Å². The summed E-state index contributed by atoms with van der Waals surface area (Å²) in [5, 5.41) is 3.37. The number of nitrogen functional groups attached to an aromatic ring is 1. The van der Waals surface area contributed by atoms with Crippen LogP contribution in [0, 0.1) is 0 Å². The van der Waals surface area contributed by atoms with Crippen LogP contribution >= 0.6 is 0 Å². The maximum Gasteiger partial charge on any atom is 0.141 e. The first-order valence-electron chi connectivity index (χ1n) is 5.33. The lowest BCUT2D eigenvalue weighted by Gasteiger charge is -2.13. The number of benzene rings is 1. The van der Waals surface area contributed by atoms with Crippen LogP contribution in [0.25, 0.3) is 0 Å². The van der Waals surface area contributed by atoms with E-state index in [0.29, 0.717) is 11.7 Å². The van der Waals surface area contributed by atoms with Crippen LogP contribution in [-0.4, -0.2) is 19.7 Å². The van der Waals surface area contributed by atoms with Crippen LogP contribution in [0.15, 0.2) is 18.2 Å². The molecule has 1 atom stereocenters. The van der Waals surface area contributed by atoms with Crippen molar-refractivity contribution >= 4 is 5.69 Å². The Hall–Kier alpha value is -1.22. The third kappa shape index (κ3) is 3.44. The fourth-order valence-corrected chi connectivity index (χ4v) is 1.68. The summed E-state index contributed by atoms with van der Waals surface area (Å²) in [7, 11) is 1.63. The molecule has 0 saturated heterocycles. The Balaban J connectivity index is 2.66. The van der Waals surface area contributed by atoms with E-state index >= 15 is 0 Å². The highest BCUT2D eigenvalue weighted by atomic mass is 16.5. The van der Waals surface area contributed by atoms with Gasteiger partial charge in [-0.2, -0.15) is 0 Å². The summed E-state index contributed by atoms with van der Waals surface area (Å²) in [5.41, 5.74) is 7.78. The Kier molecular flexibility index (Phi) is 4.43. The summed E-state index contributed by atoms with van der Waals surface area (Å²) < 4.78 is 5.11. The highest BCUT2D eigenvalue weighted by molar-refractivity contribution is 5.54. The van der Waals surface area contributed by atoms with Crippen LogP contribution < -0.4 is 15.8 Å². The molecule has 0 heterocycles. The number of anilines is 1. The van der Waals surface area contributed by atoms with Gasteiger partial charge in [0.1, 0.15) is 5.75 Å². The molecular formula is C12H20N2O. The predicted molar refractivity (Wildman–Crippen MR) is 64.2 cm³/mol. The Bertz CT molecular complexity index is 312. The molecule has 0 fully saturated rings. The molecule has 0 saturated carbocycles. The van der Waals surface area contributed by atoms with Gasteiger partial charge >= 0.3 is 0 Å². The third-order valence-electron chi connectivity index (χ3n) is 2.39. The number of hydrogen-bond donors (Lipinski definition) is 2. The minimum atomic E-state index is 0.475. The van der Waals surface area contributed by atoms with E-state index in [0.717, 1.165) is 18.7 Å². The Labute approximate surface area is 91.6 Å². The number of hydrogen-bond acceptors (Lipinski definition) is 3. The standard InChI is InChI=1S/C12H20N2O/c1-4-14-9(2)7-10-5-6-12(15-3)11(13)8-10/h5-6,8-9,14H,4,7,13H2,1-3H3. The number of likely N-dealkylation sites (N-methyl/N-ethyl adjacent to an activating group) is 1. The summed E-state index contributed by atoms with van der Waals surface area (Å²) >= 11 is 0. The molecule has 1 rings (SSSR count). The normalized spacial score (nSPS) is 12.5. The molecule has 3 N–H and O–H groups in total. The molecule has 3 heteroatoms. The summed E-state index contributed by atoms with van der Waals surface area (Å²) in [6, 6.07) is 6.43. The van der Waals surface area contributed by atoms with Crippen LogP contribution in [0.4, 0.5) is 5.69 Å². The Morgan fingerprint density at radius 2 is 2.20 bits per heavy atom. The third-order valence-corrected chi connectivity index (χ3v) is 2.39. The van der Waals surface area contributed by atoms with Gasteiger partial charge in [-0.05, 0) is 37.6 Å². The maximum absolute atomic E-state index is 5.84. The first kappa shape index (κ1) is 11.9. The lowest BCUT2D eigenvalue weighted by molar-refractivity contribution is 0.416. The molecular weight excluding hydrogens is 188 g/mol. The lowest BCUT2D eigenvalue weighted by atomic mass is 10.1. The van der Waals surface area contributed by atoms with Gasteiger partial charge in [0.2, 0.25) is 0 Å². The largest absolute Gasteiger partial charge is 0.495 e. The van der Waals surface area contributed by atoms with Crippen LogP contribution in [0.2, 0.25) is 0 Å². The number of rotatable bonds is 5. The predicted octanol–water partition coefficient (Wildman–Crippen LogP) is 1.82. The highest BCUT2D eigenvalue weighted by Crippen LogP contribution is 2.22. The summed E-state index contributed by atoms with van der Waals surface area (Å²) in [5.74, 6) is 0.745. The Morgan fingerprint density at radius 1 is 1.47 bits per heavy atom. The fraction of sp³-hybridized carbons (Fsp3) is 0.500. The quantitative estimate of drug-likeness (QED) is 0.726. The van der Waals surface area contributed by atoms with Gasteiger partial charge in [-0.1, -0.05) is 13.0 Å². The first-order valence-corrected chi connectivity index (χ1v) is 5.33. The van der Waals surface area contributed by atoms with E-state index in [-0.39, 0.29) is 0 Å². The minimum Gasteiger partial charge on any atom is -0.495 e. The molecule has 3 nitrogen and oxygen atoms in total. The Morgan fingerprint density at radius 3 is 2.73 bits per heavy atom. The van der Waals surface area contributed by atoms with Crippen LogP contribution in [-0.2, 0) is 6.42 Å². The molecule has 1 aromatic rings. The second-order valence-corrected chi connectivity index (χ2v) is 3.74. The molecule has 0 amide bonds. The smallest absolute Gasteiger partial charge is 0.141 e. The number of nitrogens with two attached hydrogens (primary N) is 1. The SMILES string of the molecule is CCNC(C)Cc1ccc(OC)c(N)c1. The summed E-state index contributed by atoms with van der Waals surface area (Å²) in [4.78, 5) is 0. The van der Waals surface area contributed by atoms with Crippen molar-refractivity contribution < 1.29 is 4.74 Å². The maximum atomic E-state index is 5.84. The van der Waals surface area contributed by atoms with E-state index < -0.39 is 0 Å². The van der Waals surface area contributed by atoms with Crippen LogP contribution in [0.1, 0.15) is 19.4 Å². The van der Waals surface area contributed by atoms with Crippen molar-refractivity contribution in [3.8, 4) is 5.75 Å². The zero-order valence-electron chi connectivity index (χ0n) is 9.71. The van der Waals surface area contributed by atoms with Gasteiger partial charge in [-0.3, -0.25) is 0 Å². The van der Waals surface area contributed by atoms with E-state index in [1.54, 1.807) is 7.11 Å². The molecule has 1 aromatic carbocycles. The van der Waals surface area contributed by atoms with Crippen molar-refractivity contribution in [2.24, 2.45) is 0 Å². The second kappa shape index (κ2) is 5.61. The van der Waals surface area contributed by atoms with Gasteiger partial charge in [0.05, 0.1) is 12.8 Å².